The van der Waals surface area contributed by atoms with Crippen molar-refractivity contribution in [2.24, 2.45) is 0 Å². The molecule has 0 radical (unpaired) electrons. The van der Waals surface area contributed by atoms with Gasteiger partial charge < -0.3 is 4.40 Å². The predicted molar refractivity (Wildman–Crippen MR) is 97.7 cm³/mol. The van der Waals surface area contributed by atoms with Crippen LogP contribution in [0.25, 0.3) is 27.9 Å². The fourth-order valence-corrected chi connectivity index (χ4v) is 3.23. The summed E-state index contributed by atoms with van der Waals surface area (Å²) in [5.74, 6) is 0. The fraction of sp³-hybridized carbons (Fsp3) is 0.0455. The van der Waals surface area contributed by atoms with Crippen molar-refractivity contribution in [2.45, 2.75) is 6.92 Å². The van der Waals surface area contributed by atoms with Crippen LogP contribution < -0.4 is 0 Å². The van der Waals surface area contributed by atoms with Gasteiger partial charge in [0.15, 0.2) is 0 Å². The van der Waals surface area contributed by atoms with Crippen LogP contribution in [0.5, 0.6) is 0 Å². The zero-order valence-corrected chi connectivity index (χ0v) is 13.4. The number of aryl methyl sites for hydroxylation is 1. The molecular formula is C22H16N2. The van der Waals surface area contributed by atoms with E-state index in [0.717, 1.165) is 22.3 Å². The molecule has 0 saturated carbocycles. The number of benzene rings is 2. The zero-order valence-electron chi connectivity index (χ0n) is 13.4. The van der Waals surface area contributed by atoms with E-state index in [0.29, 0.717) is 0 Å². The van der Waals surface area contributed by atoms with E-state index in [1.165, 1.54) is 16.7 Å². The molecule has 0 bridgehead atoms. The van der Waals surface area contributed by atoms with Gasteiger partial charge >= 0.3 is 0 Å². The van der Waals surface area contributed by atoms with E-state index in [1.807, 2.05) is 31.3 Å². The number of hydrogen-bond acceptors (Lipinski definition) is 1. The van der Waals surface area contributed by atoms with E-state index >= 15 is 0 Å². The first-order chi connectivity index (χ1) is 11.8. The third kappa shape index (κ3) is 2.19. The summed E-state index contributed by atoms with van der Waals surface area (Å²) in [6.07, 6.45) is 2.00. The van der Waals surface area contributed by atoms with Gasteiger partial charge in [-0.2, -0.15) is 5.26 Å². The Bertz CT molecular complexity index is 1050. The molecule has 4 aromatic rings. The lowest BCUT2D eigenvalue weighted by Gasteiger charge is -2.08. The smallest absolute Gasteiger partial charge is 0.0995 e. The normalized spacial score (nSPS) is 10.7. The Balaban J connectivity index is 2.11. The SMILES string of the molecule is Cc1c(C#N)ccn2c(-c3ccccc3)c(-c3ccccc3)cc12. The summed E-state index contributed by atoms with van der Waals surface area (Å²) in [5, 5.41) is 9.33. The molecule has 24 heavy (non-hydrogen) atoms. The van der Waals surface area contributed by atoms with Crippen LogP contribution in [-0.2, 0) is 0 Å². The molecule has 0 aliphatic rings. The van der Waals surface area contributed by atoms with Gasteiger partial charge in [-0.1, -0.05) is 60.7 Å². The highest BCUT2D eigenvalue weighted by Gasteiger charge is 2.16. The number of rotatable bonds is 2. The van der Waals surface area contributed by atoms with Gasteiger partial charge in [-0.3, -0.25) is 0 Å². The average Bonchev–Trinajstić information content (AvgIpc) is 3.04. The molecule has 0 amide bonds. The Morgan fingerprint density at radius 3 is 2.08 bits per heavy atom. The Morgan fingerprint density at radius 1 is 0.833 bits per heavy atom. The lowest BCUT2D eigenvalue weighted by atomic mass is 10.0. The average molecular weight is 308 g/mol. The van der Waals surface area contributed by atoms with Gasteiger partial charge in [0.1, 0.15) is 0 Å². The molecule has 0 atom stereocenters. The summed E-state index contributed by atoms with van der Waals surface area (Å²) >= 11 is 0. The number of pyridine rings is 1. The monoisotopic (exact) mass is 308 g/mol. The molecule has 0 spiro atoms. The molecule has 0 aliphatic heterocycles. The highest BCUT2D eigenvalue weighted by Crippen LogP contribution is 2.36. The molecule has 4 rings (SSSR count). The summed E-state index contributed by atoms with van der Waals surface area (Å²) < 4.78 is 2.19. The third-order valence-electron chi connectivity index (χ3n) is 4.47. The van der Waals surface area contributed by atoms with Crippen LogP contribution >= 0.6 is 0 Å². The Hall–Kier alpha value is -3.31. The third-order valence-corrected chi connectivity index (χ3v) is 4.47. The van der Waals surface area contributed by atoms with Gasteiger partial charge in [0.05, 0.1) is 22.8 Å². The second-order valence-corrected chi connectivity index (χ2v) is 5.86. The maximum Gasteiger partial charge on any atom is 0.0995 e. The standard InChI is InChI=1S/C22H16N2/c1-16-19(15-23)12-13-24-21(16)14-20(17-8-4-2-5-9-17)22(24)18-10-6-3-7-11-18/h2-14H,1H3. The van der Waals surface area contributed by atoms with Gasteiger partial charge in [-0.15, -0.1) is 0 Å². The lowest BCUT2D eigenvalue weighted by Crippen LogP contribution is -1.93. The minimum absolute atomic E-state index is 0.722. The van der Waals surface area contributed by atoms with Crippen LogP contribution in [0, 0.1) is 18.3 Å². The first kappa shape index (κ1) is 14.3. The summed E-state index contributed by atoms with van der Waals surface area (Å²) in [7, 11) is 0. The van der Waals surface area contributed by atoms with Crippen molar-refractivity contribution in [1.82, 2.24) is 4.40 Å². The molecule has 2 aromatic carbocycles. The van der Waals surface area contributed by atoms with Gasteiger partial charge in [-0.05, 0) is 35.7 Å². The van der Waals surface area contributed by atoms with Crippen LogP contribution in [-0.4, -0.2) is 4.40 Å². The largest absolute Gasteiger partial charge is 0.316 e. The van der Waals surface area contributed by atoms with Crippen molar-refractivity contribution in [3.05, 3.63) is 90.1 Å². The first-order valence-electron chi connectivity index (χ1n) is 7.95. The lowest BCUT2D eigenvalue weighted by molar-refractivity contribution is 1.18. The number of fused-ring (bicyclic) bond motifs is 1. The zero-order chi connectivity index (χ0) is 16.5. The van der Waals surface area contributed by atoms with Gasteiger partial charge in [0.2, 0.25) is 0 Å². The van der Waals surface area contributed by atoms with Gasteiger partial charge in [-0.25, -0.2) is 0 Å². The molecule has 0 unspecified atom stereocenters. The van der Waals surface area contributed by atoms with Crippen LogP contribution in [0.15, 0.2) is 79.0 Å². The van der Waals surface area contributed by atoms with Crippen molar-refractivity contribution in [1.29, 1.82) is 5.26 Å². The van der Waals surface area contributed by atoms with Crippen molar-refractivity contribution in [3.63, 3.8) is 0 Å². The molecule has 0 aliphatic carbocycles. The van der Waals surface area contributed by atoms with E-state index in [1.54, 1.807) is 0 Å². The molecular weight excluding hydrogens is 292 g/mol. The van der Waals surface area contributed by atoms with E-state index in [-0.39, 0.29) is 0 Å². The summed E-state index contributed by atoms with van der Waals surface area (Å²) in [4.78, 5) is 0. The molecule has 2 heterocycles. The number of nitriles is 1. The van der Waals surface area contributed by atoms with Crippen molar-refractivity contribution < 1.29 is 0 Å². The van der Waals surface area contributed by atoms with E-state index in [9.17, 15) is 5.26 Å². The minimum atomic E-state index is 0.722. The van der Waals surface area contributed by atoms with Crippen LogP contribution in [0.4, 0.5) is 0 Å². The number of nitrogens with zero attached hydrogens (tertiary/aromatic N) is 2. The summed E-state index contributed by atoms with van der Waals surface area (Å²) in [5.41, 5.74) is 7.49. The Labute approximate surface area is 141 Å². The maximum atomic E-state index is 9.33. The van der Waals surface area contributed by atoms with E-state index in [4.69, 9.17) is 0 Å². The quantitative estimate of drug-likeness (QED) is 0.483. The number of aromatic nitrogens is 1. The summed E-state index contributed by atoms with van der Waals surface area (Å²) in [6.45, 7) is 2.01. The molecule has 114 valence electrons. The van der Waals surface area contributed by atoms with Crippen LogP contribution in [0.3, 0.4) is 0 Å². The maximum absolute atomic E-state index is 9.33. The topological polar surface area (TPSA) is 28.2 Å². The van der Waals surface area contributed by atoms with E-state index in [2.05, 4.69) is 65.1 Å². The molecule has 2 aromatic heterocycles. The molecule has 2 heteroatoms. The van der Waals surface area contributed by atoms with Crippen LogP contribution in [0.2, 0.25) is 0 Å². The summed E-state index contributed by atoms with van der Waals surface area (Å²) in [6, 6.07) is 27.1. The second kappa shape index (κ2) is 5.72. The molecule has 2 nitrogen and oxygen atoms in total. The van der Waals surface area contributed by atoms with Crippen molar-refractivity contribution in [3.8, 4) is 28.5 Å². The Kier molecular flexibility index (Phi) is 3.40. The van der Waals surface area contributed by atoms with Crippen molar-refractivity contribution >= 4 is 5.52 Å². The minimum Gasteiger partial charge on any atom is -0.316 e. The molecule has 0 saturated heterocycles. The highest BCUT2D eigenvalue weighted by atomic mass is 14.9. The first-order valence-corrected chi connectivity index (χ1v) is 7.95. The van der Waals surface area contributed by atoms with Crippen LogP contribution in [0.1, 0.15) is 11.1 Å². The highest BCUT2D eigenvalue weighted by molar-refractivity contribution is 5.88. The molecule has 0 fully saturated rings. The van der Waals surface area contributed by atoms with E-state index < -0.39 is 0 Å². The predicted octanol–water partition coefficient (Wildman–Crippen LogP) is 5.45. The van der Waals surface area contributed by atoms with Gasteiger partial charge in [0.25, 0.3) is 0 Å². The van der Waals surface area contributed by atoms with Gasteiger partial charge in [0, 0.05) is 11.8 Å². The molecule has 0 N–H and O–H groups in total. The Morgan fingerprint density at radius 2 is 1.46 bits per heavy atom. The number of hydrogen-bond donors (Lipinski definition) is 0. The van der Waals surface area contributed by atoms with Crippen molar-refractivity contribution in [2.75, 3.05) is 0 Å². The fourth-order valence-electron chi connectivity index (χ4n) is 3.23. The second-order valence-electron chi connectivity index (χ2n) is 5.86.